The summed E-state index contributed by atoms with van der Waals surface area (Å²) in [6.45, 7) is -0.814. The number of aliphatic carboxylic acids is 1. The van der Waals surface area contributed by atoms with Crippen molar-refractivity contribution >= 4 is 13.6 Å². The van der Waals surface area contributed by atoms with Gasteiger partial charge in [0, 0.05) is 0 Å². The molecule has 0 atom stereocenters. The van der Waals surface area contributed by atoms with Crippen LogP contribution in [0.1, 0.15) is 0 Å². The summed E-state index contributed by atoms with van der Waals surface area (Å²) in [7, 11) is -4.37. The van der Waals surface area contributed by atoms with E-state index in [-0.39, 0.29) is 5.06 Å². The van der Waals surface area contributed by atoms with Crippen molar-refractivity contribution in [2.24, 2.45) is 0 Å². The van der Waals surface area contributed by atoms with Crippen LogP contribution in [0.3, 0.4) is 0 Å². The number of carboxylic acids is 1. The molecule has 0 aromatic carbocycles. The Kier molecular flexibility index (Phi) is 3.64. The molecule has 0 fully saturated rings. The summed E-state index contributed by atoms with van der Waals surface area (Å²) in [5, 5.41) is 16.6. The van der Waals surface area contributed by atoms with Crippen molar-refractivity contribution in [1.82, 2.24) is 5.06 Å². The largest absolute Gasteiger partial charge is 0.480 e. The van der Waals surface area contributed by atoms with Crippen molar-refractivity contribution in [3.63, 3.8) is 0 Å². The van der Waals surface area contributed by atoms with Crippen LogP contribution in [-0.2, 0) is 9.36 Å². The first-order chi connectivity index (χ1) is 4.81. The molecule has 66 valence electrons. The predicted octanol–water partition coefficient (Wildman–Crippen LogP) is -1.10. The lowest BCUT2D eigenvalue weighted by Crippen LogP contribution is -2.27. The van der Waals surface area contributed by atoms with Crippen molar-refractivity contribution in [3.8, 4) is 0 Å². The van der Waals surface area contributed by atoms with Gasteiger partial charge in [0.25, 0.3) is 0 Å². The second kappa shape index (κ2) is 3.80. The van der Waals surface area contributed by atoms with E-state index >= 15 is 0 Å². The van der Waals surface area contributed by atoms with Gasteiger partial charge < -0.3 is 20.1 Å². The van der Waals surface area contributed by atoms with Crippen LogP contribution >= 0.6 is 7.60 Å². The summed E-state index contributed by atoms with van der Waals surface area (Å²) in [5.41, 5.74) is 0. The second-order valence-corrected chi connectivity index (χ2v) is 3.48. The molecule has 4 N–H and O–H groups in total. The summed E-state index contributed by atoms with van der Waals surface area (Å²) in [6, 6.07) is 0. The monoisotopic (exact) mass is 185 g/mol. The Morgan fingerprint density at radius 1 is 1.45 bits per heavy atom. The lowest BCUT2D eigenvalue weighted by atomic mass is 10.7. The summed E-state index contributed by atoms with van der Waals surface area (Å²) >= 11 is 0. The summed E-state index contributed by atoms with van der Waals surface area (Å²) in [4.78, 5) is 26.3. The van der Waals surface area contributed by atoms with Crippen LogP contribution in [0.25, 0.3) is 0 Å². The number of hydrogen-bond donors (Lipinski definition) is 4. The van der Waals surface area contributed by atoms with Gasteiger partial charge >= 0.3 is 13.6 Å². The van der Waals surface area contributed by atoms with Crippen molar-refractivity contribution < 1.29 is 29.5 Å². The molecule has 0 aliphatic rings. The van der Waals surface area contributed by atoms with Crippen molar-refractivity contribution in [2.45, 2.75) is 0 Å². The van der Waals surface area contributed by atoms with Crippen LogP contribution in [0.2, 0.25) is 0 Å². The van der Waals surface area contributed by atoms with Crippen molar-refractivity contribution in [1.29, 1.82) is 0 Å². The Balaban J connectivity index is 3.79. The van der Waals surface area contributed by atoms with Crippen LogP contribution in [0, 0.1) is 0 Å². The fourth-order valence-electron chi connectivity index (χ4n) is 0.419. The lowest BCUT2D eigenvalue weighted by molar-refractivity contribution is -0.150. The number of carboxylic acid groups (broad SMARTS) is 1. The highest BCUT2D eigenvalue weighted by Gasteiger charge is 2.19. The van der Waals surface area contributed by atoms with Gasteiger partial charge in [-0.25, -0.2) is 0 Å². The zero-order valence-electron chi connectivity index (χ0n) is 5.41. The fourth-order valence-corrected chi connectivity index (χ4v) is 0.944. The van der Waals surface area contributed by atoms with E-state index in [0.717, 1.165) is 0 Å². The maximum Gasteiger partial charge on any atom is 0.341 e. The van der Waals surface area contributed by atoms with Crippen molar-refractivity contribution in [2.75, 3.05) is 12.8 Å². The van der Waals surface area contributed by atoms with E-state index < -0.39 is 26.4 Å². The Morgan fingerprint density at radius 3 is 2.18 bits per heavy atom. The van der Waals surface area contributed by atoms with Gasteiger partial charge in [-0.1, -0.05) is 0 Å². The number of carbonyl (C=O) groups is 1. The van der Waals surface area contributed by atoms with Gasteiger partial charge in [-0.3, -0.25) is 9.36 Å². The van der Waals surface area contributed by atoms with Gasteiger partial charge in [0.05, 0.1) is 0 Å². The second-order valence-electron chi connectivity index (χ2n) is 1.86. The molecule has 0 saturated carbocycles. The molecule has 0 bridgehead atoms. The van der Waals surface area contributed by atoms with E-state index in [2.05, 4.69) is 0 Å². The lowest BCUT2D eigenvalue weighted by Gasteiger charge is -2.11. The maximum absolute atomic E-state index is 10.1. The quantitative estimate of drug-likeness (QED) is 0.324. The molecule has 0 aliphatic carbocycles. The van der Waals surface area contributed by atoms with E-state index in [0.29, 0.717) is 0 Å². The molecule has 0 rings (SSSR count). The number of hydroxylamine groups is 2. The molecule has 0 radical (unpaired) electrons. The van der Waals surface area contributed by atoms with E-state index in [9.17, 15) is 9.36 Å². The van der Waals surface area contributed by atoms with Crippen molar-refractivity contribution in [3.05, 3.63) is 0 Å². The van der Waals surface area contributed by atoms with E-state index in [1.54, 1.807) is 0 Å². The highest BCUT2D eigenvalue weighted by atomic mass is 31.2. The standard InChI is InChI=1S/C3H8NO6P/c5-3(6)1-4(7)2-11(8,9)10/h7H,1-2H2,(H,5,6)(H2,8,9,10). The highest BCUT2D eigenvalue weighted by Crippen LogP contribution is 2.34. The number of hydrogen-bond acceptors (Lipinski definition) is 4. The average Bonchev–Trinajstić information content (AvgIpc) is 1.53. The maximum atomic E-state index is 10.1. The van der Waals surface area contributed by atoms with Crippen LogP contribution in [0.5, 0.6) is 0 Å². The number of rotatable bonds is 4. The molecule has 0 unspecified atom stereocenters. The molecule has 0 heterocycles. The average molecular weight is 185 g/mol. The molecule has 0 saturated heterocycles. The van der Waals surface area contributed by atoms with Gasteiger partial charge in [-0.05, 0) is 0 Å². The Morgan fingerprint density at radius 2 is 1.91 bits per heavy atom. The van der Waals surface area contributed by atoms with Crippen LogP contribution < -0.4 is 0 Å². The summed E-state index contributed by atoms with van der Waals surface area (Å²) in [6.07, 6.45) is -0.973. The molecule has 8 heteroatoms. The van der Waals surface area contributed by atoms with Crippen LogP contribution in [0.15, 0.2) is 0 Å². The van der Waals surface area contributed by atoms with Gasteiger partial charge in [0.1, 0.15) is 12.8 Å². The molecule has 0 aliphatic heterocycles. The molecular weight excluding hydrogens is 177 g/mol. The van der Waals surface area contributed by atoms with Gasteiger partial charge in [-0.2, -0.15) is 5.06 Å². The van der Waals surface area contributed by atoms with Gasteiger partial charge in [-0.15, -0.1) is 0 Å². The first kappa shape index (κ1) is 10.5. The Labute approximate surface area is 62.0 Å². The topological polar surface area (TPSA) is 118 Å². The fraction of sp³-hybridized carbons (Fsp3) is 0.667. The third-order valence-corrected chi connectivity index (χ3v) is 1.36. The van der Waals surface area contributed by atoms with E-state index in [4.69, 9.17) is 20.1 Å². The summed E-state index contributed by atoms with van der Waals surface area (Å²) < 4.78 is 10.1. The minimum absolute atomic E-state index is 0.0448. The van der Waals surface area contributed by atoms with Gasteiger partial charge in [0.15, 0.2) is 0 Å². The summed E-state index contributed by atoms with van der Waals surface area (Å²) in [5.74, 6) is -1.36. The highest BCUT2D eigenvalue weighted by molar-refractivity contribution is 7.51. The van der Waals surface area contributed by atoms with E-state index in [1.165, 1.54) is 0 Å². The molecule has 0 spiro atoms. The molecular formula is C3H8NO6P. The predicted molar refractivity (Wildman–Crippen MR) is 33.0 cm³/mol. The Hall–Kier alpha value is -0.460. The molecule has 0 amide bonds. The molecule has 7 nitrogen and oxygen atoms in total. The third kappa shape index (κ3) is 7.44. The first-order valence-electron chi connectivity index (χ1n) is 2.51. The molecule has 0 aromatic rings. The SMILES string of the molecule is O=C(O)CN(O)CP(=O)(O)O. The zero-order valence-corrected chi connectivity index (χ0v) is 6.31. The minimum Gasteiger partial charge on any atom is -0.480 e. The molecule has 11 heavy (non-hydrogen) atoms. The minimum atomic E-state index is -4.37. The van der Waals surface area contributed by atoms with Crippen LogP contribution in [-0.4, -0.2) is 44.0 Å². The smallest absolute Gasteiger partial charge is 0.341 e. The normalized spacial score (nSPS) is 12.0. The van der Waals surface area contributed by atoms with Gasteiger partial charge in [0.2, 0.25) is 0 Å². The van der Waals surface area contributed by atoms with Crippen LogP contribution in [0.4, 0.5) is 0 Å². The third-order valence-electron chi connectivity index (χ3n) is 0.665. The zero-order chi connectivity index (χ0) is 9.07. The first-order valence-corrected chi connectivity index (χ1v) is 4.31. The van der Waals surface area contributed by atoms with E-state index in [1.807, 2.05) is 0 Å². The Bertz CT molecular complexity index is 186. The molecule has 0 aromatic heterocycles. The number of nitrogens with zero attached hydrogens (tertiary/aromatic N) is 1.